The number of aromatic nitrogens is 1. The number of hydrogen-bond acceptors (Lipinski definition) is 5. The zero-order chi connectivity index (χ0) is 27.5. The van der Waals surface area contributed by atoms with Crippen LogP contribution in [0.1, 0.15) is 35.2 Å². The molecule has 0 aliphatic rings. The van der Waals surface area contributed by atoms with Gasteiger partial charge in [-0.05, 0) is 55.3 Å². The number of alkyl halides is 3. The minimum atomic E-state index is -4.68. The van der Waals surface area contributed by atoms with Crippen LogP contribution in [0.2, 0.25) is 5.02 Å². The average molecular weight is 558 g/mol. The summed E-state index contributed by atoms with van der Waals surface area (Å²) in [6.07, 6.45) is -4.68. The lowest BCUT2D eigenvalue weighted by molar-refractivity contribution is -0.141. The topological polar surface area (TPSA) is 97.4 Å². The Morgan fingerprint density at radius 3 is 2.51 bits per heavy atom. The number of rotatable bonds is 8. The van der Waals surface area contributed by atoms with Gasteiger partial charge in [0, 0.05) is 41.1 Å². The van der Waals surface area contributed by atoms with Gasteiger partial charge in [-0.3, -0.25) is 9.00 Å². The van der Waals surface area contributed by atoms with Gasteiger partial charge in [0.15, 0.2) is 0 Å². The number of hydrogen-bond donors (Lipinski definition) is 2. The van der Waals surface area contributed by atoms with Crippen LogP contribution in [-0.2, 0) is 28.8 Å². The van der Waals surface area contributed by atoms with Crippen molar-refractivity contribution in [1.82, 2.24) is 10.3 Å². The van der Waals surface area contributed by atoms with E-state index in [0.29, 0.717) is 20.6 Å². The van der Waals surface area contributed by atoms with Gasteiger partial charge in [-0.25, -0.2) is 9.37 Å². The zero-order valence-electron chi connectivity index (χ0n) is 19.8. The van der Waals surface area contributed by atoms with Gasteiger partial charge in [0.05, 0.1) is 11.6 Å². The van der Waals surface area contributed by atoms with Gasteiger partial charge in [0.2, 0.25) is 5.91 Å². The van der Waals surface area contributed by atoms with Crippen molar-refractivity contribution in [3.8, 4) is 0 Å². The molecule has 0 aliphatic heterocycles. The van der Waals surface area contributed by atoms with Gasteiger partial charge in [-0.15, -0.1) is 0 Å². The van der Waals surface area contributed by atoms with Crippen LogP contribution in [0, 0.1) is 12.7 Å². The zero-order valence-corrected chi connectivity index (χ0v) is 21.4. The minimum absolute atomic E-state index is 0.114. The number of pyridine rings is 1. The first-order valence-electron chi connectivity index (χ1n) is 10.8. The van der Waals surface area contributed by atoms with E-state index in [9.17, 15) is 31.1 Å². The molecular weight excluding hydrogens is 536 g/mol. The molecule has 7 nitrogen and oxygen atoms in total. The molecule has 0 saturated heterocycles. The van der Waals surface area contributed by atoms with Crippen molar-refractivity contribution in [3.05, 3.63) is 81.8 Å². The minimum Gasteiger partial charge on any atom is -0.755 e. The van der Waals surface area contributed by atoms with E-state index in [2.05, 4.69) is 15.6 Å². The van der Waals surface area contributed by atoms with Crippen LogP contribution in [-0.4, -0.2) is 26.7 Å². The van der Waals surface area contributed by atoms with Crippen molar-refractivity contribution < 1.29 is 31.1 Å². The van der Waals surface area contributed by atoms with E-state index in [4.69, 9.17) is 11.6 Å². The Bertz CT molecular complexity index is 1340. The molecule has 0 aliphatic carbocycles. The van der Waals surface area contributed by atoms with Gasteiger partial charge in [0.25, 0.3) is 0 Å². The Labute approximate surface area is 218 Å². The standard InChI is InChI=1S/C24H23ClF4N4O3S/c1-13-4-7-17(25)11-19(13)31-22-16(6-9-21(32-22)24(27,28)29)12-30-23(34)14(2)15-5-8-20(18(26)10-15)33(3)37(35)36/h4-11,14H,12H2,1-3H3,(H,30,34)(H,31,32)(H,35,36)/p-1. The summed E-state index contributed by atoms with van der Waals surface area (Å²) in [5.41, 5.74) is 0.408. The molecule has 1 aromatic heterocycles. The summed E-state index contributed by atoms with van der Waals surface area (Å²) in [6.45, 7) is 3.08. The largest absolute Gasteiger partial charge is 0.755 e. The molecule has 13 heteroatoms. The monoisotopic (exact) mass is 557 g/mol. The number of halogens is 5. The molecule has 0 spiro atoms. The molecule has 1 amide bonds. The van der Waals surface area contributed by atoms with Crippen molar-refractivity contribution in [2.75, 3.05) is 16.7 Å². The molecule has 3 aromatic rings. The molecule has 3 rings (SSSR count). The quantitative estimate of drug-likeness (QED) is 0.278. The van der Waals surface area contributed by atoms with Crippen LogP contribution in [0.25, 0.3) is 0 Å². The first kappa shape index (κ1) is 28.4. The summed E-state index contributed by atoms with van der Waals surface area (Å²) in [4.78, 5) is 16.5. The van der Waals surface area contributed by atoms with Crippen LogP contribution in [0.5, 0.6) is 0 Å². The Morgan fingerprint density at radius 1 is 1.19 bits per heavy atom. The maximum Gasteiger partial charge on any atom is 0.433 e. The van der Waals surface area contributed by atoms with E-state index in [1.54, 1.807) is 25.1 Å². The third kappa shape index (κ3) is 6.96. The molecule has 2 unspecified atom stereocenters. The summed E-state index contributed by atoms with van der Waals surface area (Å²) in [7, 11) is 1.17. The Balaban J connectivity index is 1.82. The van der Waals surface area contributed by atoms with E-state index < -0.39 is 40.8 Å². The van der Waals surface area contributed by atoms with Crippen molar-refractivity contribution in [3.63, 3.8) is 0 Å². The van der Waals surface area contributed by atoms with Crippen molar-refractivity contribution in [2.24, 2.45) is 0 Å². The fourth-order valence-corrected chi connectivity index (χ4v) is 3.85. The van der Waals surface area contributed by atoms with Gasteiger partial charge in [-0.2, -0.15) is 13.2 Å². The second kappa shape index (κ2) is 11.4. The van der Waals surface area contributed by atoms with E-state index in [1.807, 2.05) is 0 Å². The third-order valence-corrected chi connectivity index (χ3v) is 6.48. The van der Waals surface area contributed by atoms with E-state index in [1.165, 1.54) is 32.2 Å². The number of nitrogens with zero attached hydrogens (tertiary/aromatic N) is 2. The van der Waals surface area contributed by atoms with Crippen molar-refractivity contribution >= 4 is 46.0 Å². The van der Waals surface area contributed by atoms with Crippen molar-refractivity contribution in [2.45, 2.75) is 32.5 Å². The second-order valence-corrected chi connectivity index (χ2v) is 9.57. The Hall–Kier alpha value is -3.22. The van der Waals surface area contributed by atoms with Gasteiger partial charge in [0.1, 0.15) is 17.3 Å². The van der Waals surface area contributed by atoms with Gasteiger partial charge < -0.3 is 19.5 Å². The van der Waals surface area contributed by atoms with Crippen LogP contribution < -0.4 is 14.9 Å². The third-order valence-electron chi connectivity index (χ3n) is 5.60. The van der Waals surface area contributed by atoms with Crippen molar-refractivity contribution in [1.29, 1.82) is 0 Å². The number of aryl methyl sites for hydroxylation is 1. The first-order chi connectivity index (χ1) is 17.3. The lowest BCUT2D eigenvalue weighted by Crippen LogP contribution is -2.28. The average Bonchev–Trinajstić information content (AvgIpc) is 2.83. The van der Waals surface area contributed by atoms with Crippen LogP contribution in [0.4, 0.5) is 34.8 Å². The van der Waals surface area contributed by atoms with E-state index in [-0.39, 0.29) is 29.2 Å². The molecule has 2 atom stereocenters. The fraction of sp³-hybridized carbons (Fsp3) is 0.250. The summed E-state index contributed by atoms with van der Waals surface area (Å²) in [5, 5.41) is 5.86. The number of amides is 1. The highest BCUT2D eigenvalue weighted by molar-refractivity contribution is 7.80. The normalized spacial score (nSPS) is 13.1. The second-order valence-electron chi connectivity index (χ2n) is 8.15. The lowest BCUT2D eigenvalue weighted by Gasteiger charge is -2.22. The highest BCUT2D eigenvalue weighted by atomic mass is 35.5. The molecular formula is C24H22ClF4N4O3S-. The molecule has 2 N–H and O–H groups in total. The molecule has 0 saturated carbocycles. The maximum atomic E-state index is 14.4. The predicted octanol–water partition coefficient (Wildman–Crippen LogP) is 5.60. The lowest BCUT2D eigenvalue weighted by atomic mass is 9.99. The molecule has 0 radical (unpaired) electrons. The fourth-order valence-electron chi connectivity index (χ4n) is 3.37. The van der Waals surface area contributed by atoms with Crippen LogP contribution >= 0.6 is 11.6 Å². The summed E-state index contributed by atoms with van der Waals surface area (Å²) in [6, 6.07) is 10.6. The van der Waals surface area contributed by atoms with Crippen LogP contribution in [0.15, 0.2) is 48.5 Å². The highest BCUT2D eigenvalue weighted by Gasteiger charge is 2.33. The van der Waals surface area contributed by atoms with E-state index in [0.717, 1.165) is 12.1 Å². The molecule has 2 aromatic carbocycles. The summed E-state index contributed by atoms with van der Waals surface area (Å²) >= 11 is 3.34. The number of nitrogens with one attached hydrogen (secondary N) is 2. The van der Waals surface area contributed by atoms with Gasteiger partial charge >= 0.3 is 6.18 Å². The number of carbonyl (C=O) groups is 1. The predicted molar refractivity (Wildman–Crippen MR) is 133 cm³/mol. The number of benzene rings is 2. The SMILES string of the molecule is Cc1ccc(Cl)cc1Nc1nc(C(F)(F)F)ccc1CNC(=O)C(C)c1ccc(N(C)S(=O)[O-])c(F)c1. The number of carbonyl (C=O) groups excluding carboxylic acids is 1. The van der Waals surface area contributed by atoms with E-state index >= 15 is 0 Å². The molecule has 0 fully saturated rings. The number of anilines is 3. The molecule has 198 valence electrons. The maximum absolute atomic E-state index is 14.4. The van der Waals surface area contributed by atoms with Crippen LogP contribution in [0.3, 0.4) is 0 Å². The first-order valence-corrected chi connectivity index (χ1v) is 12.2. The molecule has 37 heavy (non-hydrogen) atoms. The smallest absolute Gasteiger partial charge is 0.433 e. The Kier molecular flexibility index (Phi) is 8.77. The Morgan fingerprint density at radius 2 is 1.89 bits per heavy atom. The van der Waals surface area contributed by atoms with Gasteiger partial charge in [-0.1, -0.05) is 29.8 Å². The highest BCUT2D eigenvalue weighted by Crippen LogP contribution is 2.32. The molecule has 1 heterocycles. The summed E-state index contributed by atoms with van der Waals surface area (Å²) in [5.74, 6) is -2.32. The molecule has 0 bridgehead atoms. The summed E-state index contributed by atoms with van der Waals surface area (Å²) < 4.78 is 77.2.